The minimum absolute atomic E-state index is 0.402. The van der Waals surface area contributed by atoms with E-state index in [4.69, 9.17) is 4.84 Å². The van der Waals surface area contributed by atoms with Gasteiger partial charge in [0.1, 0.15) is 7.11 Å². The Morgan fingerprint density at radius 3 is 2.50 bits per heavy atom. The second kappa shape index (κ2) is 4.18. The van der Waals surface area contributed by atoms with E-state index in [1.54, 1.807) is 6.92 Å². The Bertz CT molecular complexity index is 547. The molecule has 0 bridgehead atoms. The van der Waals surface area contributed by atoms with E-state index in [0.29, 0.717) is 5.69 Å². The van der Waals surface area contributed by atoms with Crippen molar-refractivity contribution >= 4 is 0 Å². The summed E-state index contributed by atoms with van der Waals surface area (Å²) >= 11 is 0. The van der Waals surface area contributed by atoms with Crippen LogP contribution in [0.1, 0.15) is 5.69 Å². The first kappa shape index (κ1) is 10.4. The molecule has 0 saturated heterocycles. The summed E-state index contributed by atoms with van der Waals surface area (Å²) in [5.41, 5.74) is 1.91. The Morgan fingerprint density at radius 1 is 1.25 bits per heavy atom. The SMILES string of the molecule is COn1c(C)cc(-c2ccccc2)nc1=O. The average Bonchev–Trinajstić information content (AvgIpc) is 2.30. The van der Waals surface area contributed by atoms with Crippen molar-refractivity contribution in [2.24, 2.45) is 0 Å². The van der Waals surface area contributed by atoms with Crippen LogP contribution in [-0.4, -0.2) is 16.8 Å². The van der Waals surface area contributed by atoms with Crippen molar-refractivity contribution in [1.29, 1.82) is 0 Å². The van der Waals surface area contributed by atoms with Gasteiger partial charge in [-0.3, -0.25) is 0 Å². The van der Waals surface area contributed by atoms with Crippen LogP contribution in [0.25, 0.3) is 11.3 Å². The molecule has 0 aliphatic heterocycles. The summed E-state index contributed by atoms with van der Waals surface area (Å²) < 4.78 is 1.16. The first-order chi connectivity index (χ1) is 7.72. The van der Waals surface area contributed by atoms with Crippen molar-refractivity contribution in [1.82, 2.24) is 9.71 Å². The summed E-state index contributed by atoms with van der Waals surface area (Å²) in [5, 5.41) is 0. The lowest BCUT2D eigenvalue weighted by molar-refractivity contribution is 0.147. The molecule has 4 nitrogen and oxygen atoms in total. The van der Waals surface area contributed by atoms with Gasteiger partial charge >= 0.3 is 5.69 Å². The number of benzene rings is 1. The van der Waals surface area contributed by atoms with E-state index < -0.39 is 5.69 Å². The molecule has 0 fully saturated rings. The van der Waals surface area contributed by atoms with Crippen molar-refractivity contribution in [3.8, 4) is 11.3 Å². The van der Waals surface area contributed by atoms with Crippen LogP contribution in [0.2, 0.25) is 0 Å². The average molecular weight is 216 g/mol. The maximum absolute atomic E-state index is 11.6. The van der Waals surface area contributed by atoms with E-state index in [9.17, 15) is 4.79 Å². The molecule has 2 rings (SSSR count). The molecule has 0 saturated carbocycles. The van der Waals surface area contributed by atoms with Crippen LogP contribution in [0.5, 0.6) is 0 Å². The van der Waals surface area contributed by atoms with Crippen molar-refractivity contribution in [2.75, 3.05) is 7.11 Å². The predicted molar refractivity (Wildman–Crippen MR) is 61.2 cm³/mol. The van der Waals surface area contributed by atoms with Crippen molar-refractivity contribution in [3.05, 3.63) is 52.6 Å². The molecule has 1 aromatic carbocycles. The molecule has 0 atom stereocenters. The highest BCUT2D eigenvalue weighted by Gasteiger charge is 2.05. The smallest absolute Gasteiger partial charge is 0.381 e. The van der Waals surface area contributed by atoms with Crippen LogP contribution in [0.15, 0.2) is 41.2 Å². The predicted octanol–water partition coefficient (Wildman–Crippen LogP) is 1.28. The second-order valence-corrected chi connectivity index (χ2v) is 3.41. The molecule has 82 valence electrons. The first-order valence-electron chi connectivity index (χ1n) is 4.93. The summed E-state index contributed by atoms with van der Waals surface area (Å²) in [5.74, 6) is 0. The maximum atomic E-state index is 11.6. The third-order valence-corrected chi connectivity index (χ3v) is 2.31. The molecule has 0 amide bonds. The third-order valence-electron chi connectivity index (χ3n) is 2.31. The molecule has 0 unspecified atom stereocenters. The molecule has 0 spiro atoms. The third kappa shape index (κ3) is 1.82. The van der Waals surface area contributed by atoms with Crippen LogP contribution in [0.3, 0.4) is 0 Å². The molecule has 0 aliphatic carbocycles. The molecule has 1 aromatic heterocycles. The van der Waals surface area contributed by atoms with Gasteiger partial charge in [-0.15, -0.1) is 4.73 Å². The molecular formula is C12H12N2O2. The van der Waals surface area contributed by atoms with Gasteiger partial charge in [0.2, 0.25) is 0 Å². The summed E-state index contributed by atoms with van der Waals surface area (Å²) in [6.45, 7) is 1.80. The molecule has 0 radical (unpaired) electrons. The van der Waals surface area contributed by atoms with Gasteiger partial charge in [0, 0.05) is 5.56 Å². The Hall–Kier alpha value is -2.10. The summed E-state index contributed by atoms with van der Waals surface area (Å²) in [4.78, 5) is 20.5. The number of hydrogen-bond donors (Lipinski definition) is 0. The van der Waals surface area contributed by atoms with E-state index in [0.717, 1.165) is 16.0 Å². The molecule has 0 aliphatic rings. The fraction of sp³-hybridized carbons (Fsp3) is 0.167. The molecule has 0 N–H and O–H groups in total. The highest BCUT2D eigenvalue weighted by atomic mass is 16.7. The minimum atomic E-state index is -0.402. The van der Waals surface area contributed by atoms with Crippen LogP contribution in [0, 0.1) is 6.92 Å². The van der Waals surface area contributed by atoms with Gasteiger partial charge in [-0.1, -0.05) is 30.3 Å². The number of aryl methyl sites for hydroxylation is 1. The van der Waals surface area contributed by atoms with Gasteiger partial charge in [0.05, 0.1) is 11.4 Å². The van der Waals surface area contributed by atoms with Crippen molar-refractivity contribution in [2.45, 2.75) is 6.92 Å². The zero-order chi connectivity index (χ0) is 11.5. The van der Waals surface area contributed by atoms with E-state index >= 15 is 0 Å². The van der Waals surface area contributed by atoms with E-state index in [-0.39, 0.29) is 0 Å². The van der Waals surface area contributed by atoms with Gasteiger partial charge < -0.3 is 4.84 Å². The number of hydrogen-bond acceptors (Lipinski definition) is 3. The molecule has 4 heteroatoms. The standard InChI is InChI=1S/C12H12N2O2/c1-9-8-11(10-6-4-3-5-7-10)13-12(15)14(9)16-2/h3-8H,1-2H3. The topological polar surface area (TPSA) is 44.1 Å². The summed E-state index contributed by atoms with van der Waals surface area (Å²) in [6.07, 6.45) is 0. The van der Waals surface area contributed by atoms with Gasteiger partial charge in [-0.2, -0.15) is 4.98 Å². The first-order valence-corrected chi connectivity index (χ1v) is 4.93. The molecule has 16 heavy (non-hydrogen) atoms. The van der Waals surface area contributed by atoms with Crippen LogP contribution >= 0.6 is 0 Å². The van der Waals surface area contributed by atoms with Crippen LogP contribution < -0.4 is 10.5 Å². The Balaban J connectivity index is 2.57. The summed E-state index contributed by atoms with van der Waals surface area (Å²) in [6, 6.07) is 11.4. The highest BCUT2D eigenvalue weighted by molar-refractivity contribution is 5.58. The number of aromatic nitrogens is 2. The zero-order valence-corrected chi connectivity index (χ0v) is 9.18. The van der Waals surface area contributed by atoms with E-state index in [1.807, 2.05) is 36.4 Å². The fourth-order valence-electron chi connectivity index (χ4n) is 1.57. The fourth-order valence-corrected chi connectivity index (χ4v) is 1.57. The quantitative estimate of drug-likeness (QED) is 0.759. The Morgan fingerprint density at radius 2 is 1.94 bits per heavy atom. The molecule has 1 heterocycles. The maximum Gasteiger partial charge on any atom is 0.381 e. The van der Waals surface area contributed by atoms with Crippen molar-refractivity contribution < 1.29 is 4.84 Å². The van der Waals surface area contributed by atoms with E-state index in [1.165, 1.54) is 7.11 Å². The van der Waals surface area contributed by atoms with Gasteiger partial charge in [0.25, 0.3) is 0 Å². The van der Waals surface area contributed by atoms with Crippen LogP contribution in [0.4, 0.5) is 0 Å². The lowest BCUT2D eigenvalue weighted by Crippen LogP contribution is -2.29. The highest BCUT2D eigenvalue weighted by Crippen LogP contribution is 2.15. The lowest BCUT2D eigenvalue weighted by Gasteiger charge is -2.08. The number of rotatable bonds is 2. The second-order valence-electron chi connectivity index (χ2n) is 3.41. The minimum Gasteiger partial charge on any atom is -0.413 e. The van der Waals surface area contributed by atoms with Gasteiger partial charge in [-0.05, 0) is 13.0 Å². The Kier molecular flexibility index (Phi) is 2.72. The summed E-state index contributed by atoms with van der Waals surface area (Å²) in [7, 11) is 1.44. The normalized spacial score (nSPS) is 10.1. The molecular weight excluding hydrogens is 204 g/mol. The number of nitrogens with zero attached hydrogens (tertiary/aromatic N) is 2. The van der Waals surface area contributed by atoms with Crippen molar-refractivity contribution in [3.63, 3.8) is 0 Å². The molecule has 2 aromatic rings. The zero-order valence-electron chi connectivity index (χ0n) is 9.18. The van der Waals surface area contributed by atoms with Gasteiger partial charge in [-0.25, -0.2) is 4.79 Å². The van der Waals surface area contributed by atoms with E-state index in [2.05, 4.69) is 4.98 Å². The largest absolute Gasteiger partial charge is 0.413 e. The lowest BCUT2D eigenvalue weighted by atomic mass is 10.1. The monoisotopic (exact) mass is 216 g/mol. The van der Waals surface area contributed by atoms with Crippen LogP contribution in [-0.2, 0) is 0 Å². The van der Waals surface area contributed by atoms with Gasteiger partial charge in [0.15, 0.2) is 0 Å². The Labute approximate surface area is 93.1 Å².